The number of aromatic nitrogens is 1. The Morgan fingerprint density at radius 2 is 1.84 bits per heavy atom. The highest BCUT2D eigenvalue weighted by Gasteiger charge is 2.39. The van der Waals surface area contributed by atoms with Crippen molar-refractivity contribution in [1.82, 2.24) is 14.8 Å². The summed E-state index contributed by atoms with van der Waals surface area (Å²) in [5.74, 6) is -0.224. The maximum Gasteiger partial charge on any atom is 0.318 e. The number of amides is 2. The van der Waals surface area contributed by atoms with Crippen LogP contribution >= 0.6 is 0 Å². The van der Waals surface area contributed by atoms with Crippen molar-refractivity contribution in [3.05, 3.63) is 59.9 Å². The lowest BCUT2D eigenvalue weighted by Gasteiger charge is -2.42. The van der Waals surface area contributed by atoms with Gasteiger partial charge in [0.1, 0.15) is 0 Å². The topological polar surface area (TPSA) is 63.6 Å². The lowest BCUT2D eigenvalue weighted by molar-refractivity contribution is -0.145. The van der Waals surface area contributed by atoms with Crippen LogP contribution in [0.1, 0.15) is 62.7 Å². The van der Waals surface area contributed by atoms with Crippen molar-refractivity contribution >= 4 is 12.0 Å². The third kappa shape index (κ3) is 4.94. The van der Waals surface area contributed by atoms with Crippen LogP contribution in [0.15, 0.2) is 48.7 Å². The summed E-state index contributed by atoms with van der Waals surface area (Å²) >= 11 is 0. The van der Waals surface area contributed by atoms with Gasteiger partial charge in [-0.1, -0.05) is 49.6 Å². The first-order valence-corrected chi connectivity index (χ1v) is 11.5. The number of fused-ring (bicyclic) bond motifs is 1. The Labute approximate surface area is 184 Å². The molecule has 0 saturated heterocycles. The third-order valence-corrected chi connectivity index (χ3v) is 6.67. The Balaban J connectivity index is 1.55. The van der Waals surface area contributed by atoms with Gasteiger partial charge in [0.2, 0.25) is 0 Å². The molecule has 2 aromatic rings. The van der Waals surface area contributed by atoms with E-state index in [4.69, 9.17) is 4.74 Å². The van der Waals surface area contributed by atoms with Gasteiger partial charge >= 0.3 is 12.0 Å². The molecule has 1 saturated carbocycles. The van der Waals surface area contributed by atoms with E-state index in [2.05, 4.69) is 40.3 Å². The molecule has 1 aromatic carbocycles. The zero-order valence-electron chi connectivity index (χ0n) is 18.4. The van der Waals surface area contributed by atoms with Crippen LogP contribution < -0.4 is 5.32 Å². The number of rotatable bonds is 6. The Kier molecular flexibility index (Phi) is 6.64. The molecule has 1 N–H and O–H groups in total. The van der Waals surface area contributed by atoms with Gasteiger partial charge in [-0.15, -0.1) is 0 Å². The average Bonchev–Trinajstić information content (AvgIpc) is 3.24. The highest BCUT2D eigenvalue weighted by Crippen LogP contribution is 2.34. The van der Waals surface area contributed by atoms with Crippen molar-refractivity contribution in [1.29, 1.82) is 0 Å². The van der Waals surface area contributed by atoms with Gasteiger partial charge < -0.3 is 19.5 Å². The maximum absolute atomic E-state index is 13.6. The predicted molar refractivity (Wildman–Crippen MR) is 120 cm³/mol. The van der Waals surface area contributed by atoms with E-state index in [0.29, 0.717) is 13.2 Å². The fourth-order valence-electron chi connectivity index (χ4n) is 5.12. The van der Waals surface area contributed by atoms with Gasteiger partial charge in [-0.25, -0.2) is 4.79 Å². The number of esters is 1. The molecule has 0 bridgehead atoms. The summed E-state index contributed by atoms with van der Waals surface area (Å²) < 4.78 is 7.47. The number of nitrogens with one attached hydrogen (secondary N) is 1. The molecule has 0 unspecified atom stereocenters. The van der Waals surface area contributed by atoms with Gasteiger partial charge in [0.05, 0.1) is 24.6 Å². The molecule has 6 heteroatoms. The number of hydrogen-bond acceptors (Lipinski definition) is 3. The monoisotopic (exact) mass is 423 g/mol. The van der Waals surface area contributed by atoms with E-state index in [1.807, 2.05) is 30.0 Å². The van der Waals surface area contributed by atoms with Crippen LogP contribution in [0.3, 0.4) is 0 Å². The fraction of sp³-hybridized carbons (Fsp3) is 0.520. The molecule has 2 amide bonds. The first kappa shape index (κ1) is 21.5. The second-order valence-corrected chi connectivity index (χ2v) is 8.78. The van der Waals surface area contributed by atoms with Gasteiger partial charge in [-0.05, 0) is 43.9 Å². The fourth-order valence-corrected chi connectivity index (χ4v) is 5.12. The summed E-state index contributed by atoms with van der Waals surface area (Å²) in [4.78, 5) is 27.9. The summed E-state index contributed by atoms with van der Waals surface area (Å²) in [6.45, 7) is 3.62. The van der Waals surface area contributed by atoms with E-state index in [1.54, 1.807) is 0 Å². The number of carbonyl (C=O) groups excluding carboxylic acids is 2. The number of ether oxygens (including phenoxy) is 1. The Bertz CT molecular complexity index is 886. The second kappa shape index (κ2) is 9.58. The summed E-state index contributed by atoms with van der Waals surface area (Å²) in [6.07, 6.45) is 7.95. The highest BCUT2D eigenvalue weighted by atomic mass is 16.5. The smallest absolute Gasteiger partial charge is 0.318 e. The van der Waals surface area contributed by atoms with Gasteiger partial charge in [0.15, 0.2) is 0 Å². The molecule has 1 aromatic heterocycles. The van der Waals surface area contributed by atoms with E-state index in [1.165, 1.54) is 5.56 Å². The molecule has 1 atom stereocenters. The van der Waals surface area contributed by atoms with Crippen LogP contribution in [-0.4, -0.2) is 40.2 Å². The van der Waals surface area contributed by atoms with Gasteiger partial charge in [-0.2, -0.15) is 0 Å². The zero-order chi connectivity index (χ0) is 21.7. The maximum atomic E-state index is 13.6. The molecule has 0 radical (unpaired) electrons. The van der Waals surface area contributed by atoms with Crippen LogP contribution in [0, 0.1) is 0 Å². The van der Waals surface area contributed by atoms with Crippen LogP contribution in [0.25, 0.3) is 0 Å². The van der Waals surface area contributed by atoms with Crippen LogP contribution in [0.4, 0.5) is 4.79 Å². The predicted octanol–water partition coefficient (Wildman–Crippen LogP) is 4.45. The van der Waals surface area contributed by atoms with Gasteiger partial charge in [-0.3, -0.25) is 4.79 Å². The lowest BCUT2D eigenvalue weighted by Crippen LogP contribution is -2.57. The zero-order valence-corrected chi connectivity index (χ0v) is 18.4. The van der Waals surface area contributed by atoms with Gasteiger partial charge in [0, 0.05) is 25.0 Å². The number of nitrogens with zero attached hydrogens (tertiary/aromatic N) is 2. The lowest BCUT2D eigenvalue weighted by atomic mass is 9.79. The molecule has 31 heavy (non-hydrogen) atoms. The van der Waals surface area contributed by atoms with E-state index in [9.17, 15) is 9.59 Å². The molecule has 0 spiro atoms. The molecule has 6 nitrogen and oxygen atoms in total. The van der Waals surface area contributed by atoms with Crippen LogP contribution in [0.2, 0.25) is 0 Å². The van der Waals surface area contributed by atoms with Crippen molar-refractivity contribution in [3.8, 4) is 0 Å². The molecule has 1 fully saturated rings. The molecule has 1 aliphatic heterocycles. The molecule has 1 aliphatic carbocycles. The van der Waals surface area contributed by atoms with Gasteiger partial charge in [0.25, 0.3) is 0 Å². The van der Waals surface area contributed by atoms with E-state index >= 15 is 0 Å². The number of urea groups is 1. The standard InChI is InChI=1S/C25H33N3O3/c1-2-31-23(29)19-25(13-7-4-8-14-25)26-24(30)28-17-16-27-15-9-12-21(27)22(28)18-20-10-5-3-6-11-20/h3,5-6,9-12,15,22H,2,4,7-8,13-14,16-19H2,1H3,(H,26,30)/t22-/m1/s1. The first-order chi connectivity index (χ1) is 15.1. The summed E-state index contributed by atoms with van der Waals surface area (Å²) in [5.41, 5.74) is 1.87. The quantitative estimate of drug-likeness (QED) is 0.698. The van der Waals surface area contributed by atoms with Crippen molar-refractivity contribution in [2.45, 2.75) is 70.0 Å². The number of benzene rings is 1. The summed E-state index contributed by atoms with van der Waals surface area (Å²) in [5, 5.41) is 3.31. The molecule has 166 valence electrons. The Morgan fingerprint density at radius 1 is 1.06 bits per heavy atom. The van der Waals surface area contributed by atoms with E-state index in [-0.39, 0.29) is 24.5 Å². The van der Waals surface area contributed by atoms with E-state index < -0.39 is 5.54 Å². The average molecular weight is 424 g/mol. The minimum Gasteiger partial charge on any atom is -0.466 e. The SMILES string of the molecule is CCOC(=O)CC1(NC(=O)N2CCn3cccc3[C@H]2Cc2ccccc2)CCCCC1. The minimum absolute atomic E-state index is 0.0330. The third-order valence-electron chi connectivity index (χ3n) is 6.67. The number of hydrogen-bond donors (Lipinski definition) is 1. The van der Waals surface area contributed by atoms with Crippen molar-refractivity contribution in [2.24, 2.45) is 0 Å². The normalized spacial score (nSPS) is 20.0. The summed E-state index contributed by atoms with van der Waals surface area (Å²) in [6, 6.07) is 14.4. The molecule has 4 rings (SSSR count). The second-order valence-electron chi connectivity index (χ2n) is 8.78. The minimum atomic E-state index is -0.502. The van der Waals surface area contributed by atoms with Crippen molar-refractivity contribution in [3.63, 3.8) is 0 Å². The molecule has 2 heterocycles. The van der Waals surface area contributed by atoms with E-state index in [0.717, 1.165) is 50.8 Å². The van der Waals surface area contributed by atoms with Crippen LogP contribution in [0.5, 0.6) is 0 Å². The Morgan fingerprint density at radius 3 is 2.58 bits per heavy atom. The molecule has 2 aliphatic rings. The molecular formula is C25H33N3O3. The van der Waals surface area contributed by atoms with Crippen molar-refractivity contribution < 1.29 is 14.3 Å². The summed E-state index contributed by atoms with van der Waals surface area (Å²) in [7, 11) is 0. The van der Waals surface area contributed by atoms with Crippen molar-refractivity contribution in [2.75, 3.05) is 13.2 Å². The van der Waals surface area contributed by atoms with Crippen LogP contribution in [-0.2, 0) is 22.5 Å². The Hall–Kier alpha value is -2.76. The first-order valence-electron chi connectivity index (χ1n) is 11.5. The highest BCUT2D eigenvalue weighted by molar-refractivity contribution is 5.78. The largest absolute Gasteiger partial charge is 0.466 e. The number of carbonyl (C=O) groups is 2. The molecular weight excluding hydrogens is 390 g/mol.